The van der Waals surface area contributed by atoms with Crippen LogP contribution < -0.4 is 4.90 Å². The highest BCUT2D eigenvalue weighted by atomic mass is 19.1. The van der Waals surface area contributed by atoms with Crippen molar-refractivity contribution in [3.63, 3.8) is 0 Å². The monoisotopic (exact) mass is 366 g/mol. The summed E-state index contributed by atoms with van der Waals surface area (Å²) in [4.78, 5) is 29.5. The van der Waals surface area contributed by atoms with Crippen molar-refractivity contribution in [1.82, 2.24) is 4.90 Å². The maximum Gasteiger partial charge on any atom is 0.251 e. The molecule has 5 heteroatoms. The van der Waals surface area contributed by atoms with Crippen LogP contribution in [-0.4, -0.2) is 28.8 Å². The summed E-state index contributed by atoms with van der Waals surface area (Å²) in [6.45, 7) is 4.40. The highest BCUT2D eigenvalue weighted by Gasteiger charge is 2.47. The van der Waals surface area contributed by atoms with Crippen LogP contribution in [0.3, 0.4) is 0 Å². The van der Waals surface area contributed by atoms with Gasteiger partial charge in [0.2, 0.25) is 5.91 Å². The first-order valence-corrected chi connectivity index (χ1v) is 9.39. The van der Waals surface area contributed by atoms with E-state index in [1.807, 2.05) is 32.0 Å². The first-order chi connectivity index (χ1) is 13.0. The topological polar surface area (TPSA) is 40.6 Å². The summed E-state index contributed by atoms with van der Waals surface area (Å²) >= 11 is 0. The lowest BCUT2D eigenvalue weighted by Gasteiger charge is -2.28. The molecule has 1 saturated carbocycles. The number of nitrogens with zero attached hydrogens (tertiary/aromatic N) is 2. The van der Waals surface area contributed by atoms with Crippen molar-refractivity contribution < 1.29 is 14.0 Å². The van der Waals surface area contributed by atoms with E-state index < -0.39 is 6.04 Å². The van der Waals surface area contributed by atoms with Crippen LogP contribution in [0.4, 0.5) is 10.1 Å². The van der Waals surface area contributed by atoms with Gasteiger partial charge in [0.05, 0.1) is 18.2 Å². The van der Waals surface area contributed by atoms with E-state index in [0.717, 1.165) is 29.5 Å². The van der Waals surface area contributed by atoms with Crippen LogP contribution in [0, 0.1) is 19.7 Å². The molecule has 27 heavy (non-hydrogen) atoms. The second kappa shape index (κ2) is 6.89. The summed E-state index contributed by atoms with van der Waals surface area (Å²) in [6.07, 6.45) is 2.26. The first-order valence-electron chi connectivity index (χ1n) is 9.39. The maximum atomic E-state index is 13.2. The maximum absolute atomic E-state index is 13.2. The Hall–Kier alpha value is -2.53. The molecule has 1 aliphatic heterocycles. The van der Waals surface area contributed by atoms with Gasteiger partial charge in [-0.05, 0) is 55.5 Å². The van der Waals surface area contributed by atoms with Crippen LogP contribution in [-0.2, 0) is 16.1 Å². The summed E-state index contributed by atoms with van der Waals surface area (Å²) < 4.78 is 13.2. The van der Waals surface area contributed by atoms with Crippen LogP contribution in [0.5, 0.6) is 0 Å². The molecular weight excluding hydrogens is 343 g/mol. The Morgan fingerprint density at radius 1 is 1.04 bits per heavy atom. The number of halogens is 1. The molecule has 4 nitrogen and oxygen atoms in total. The number of aryl methyl sites for hydroxylation is 2. The Morgan fingerprint density at radius 3 is 2.26 bits per heavy atom. The number of imide groups is 1. The van der Waals surface area contributed by atoms with Gasteiger partial charge in [0.25, 0.3) is 5.91 Å². The van der Waals surface area contributed by atoms with Crippen molar-refractivity contribution in [1.29, 1.82) is 0 Å². The first kappa shape index (κ1) is 17.9. The van der Waals surface area contributed by atoms with Gasteiger partial charge in [-0.2, -0.15) is 0 Å². The smallest absolute Gasteiger partial charge is 0.251 e. The number of rotatable bonds is 5. The molecular formula is C22H23FN2O2. The number of carbonyl (C=O) groups is 2. The highest BCUT2D eigenvalue weighted by molar-refractivity contribution is 6.23. The Balaban J connectivity index is 1.62. The number of carbonyl (C=O) groups excluding carboxylic acids is 2. The standard InChI is InChI=1S/C22H23FN2O2/c1-14-4-3-5-15(2)21(14)25-20(26)12-19(22(25)27)24(18-10-11-18)13-16-6-8-17(23)9-7-16/h3-9,18-19H,10-13H2,1-2H3/t19-/m1/s1. The van der Waals surface area contributed by atoms with E-state index in [0.29, 0.717) is 18.3 Å². The lowest BCUT2D eigenvalue weighted by Crippen LogP contribution is -2.43. The van der Waals surface area contributed by atoms with Crippen molar-refractivity contribution in [3.05, 3.63) is 65.0 Å². The lowest BCUT2D eigenvalue weighted by atomic mass is 10.1. The van der Waals surface area contributed by atoms with Gasteiger partial charge in [-0.3, -0.25) is 14.5 Å². The van der Waals surface area contributed by atoms with E-state index >= 15 is 0 Å². The number of hydrogen-bond acceptors (Lipinski definition) is 3. The van der Waals surface area contributed by atoms with Crippen molar-refractivity contribution in [3.8, 4) is 0 Å². The third-order valence-electron chi connectivity index (χ3n) is 5.48. The SMILES string of the molecule is Cc1cccc(C)c1N1C(=O)C[C@@H](N(Cc2ccc(F)cc2)C2CC2)C1=O. The minimum absolute atomic E-state index is 0.146. The molecule has 4 rings (SSSR count). The second-order valence-corrected chi connectivity index (χ2v) is 7.56. The molecule has 2 aliphatic rings. The third kappa shape index (κ3) is 3.39. The zero-order chi connectivity index (χ0) is 19.1. The Kier molecular flexibility index (Phi) is 4.56. The molecule has 0 N–H and O–H groups in total. The number of para-hydroxylation sites is 1. The van der Waals surface area contributed by atoms with E-state index in [1.54, 1.807) is 12.1 Å². The van der Waals surface area contributed by atoms with Gasteiger partial charge in [0, 0.05) is 12.6 Å². The molecule has 1 saturated heterocycles. The number of anilines is 1. The van der Waals surface area contributed by atoms with E-state index in [2.05, 4.69) is 4.90 Å². The van der Waals surface area contributed by atoms with Crippen molar-refractivity contribution in [2.75, 3.05) is 4.90 Å². The quantitative estimate of drug-likeness (QED) is 0.757. The fourth-order valence-corrected chi connectivity index (χ4v) is 3.97. The molecule has 2 amide bonds. The molecule has 2 aromatic rings. The molecule has 0 spiro atoms. The summed E-state index contributed by atoms with van der Waals surface area (Å²) in [5.74, 6) is -0.566. The molecule has 0 radical (unpaired) electrons. The van der Waals surface area contributed by atoms with Crippen LogP contribution >= 0.6 is 0 Å². The van der Waals surface area contributed by atoms with Crippen molar-refractivity contribution in [2.24, 2.45) is 0 Å². The van der Waals surface area contributed by atoms with Gasteiger partial charge in [-0.25, -0.2) is 9.29 Å². The summed E-state index contributed by atoms with van der Waals surface area (Å²) in [6, 6.07) is 12.0. The predicted octanol–water partition coefficient (Wildman–Crippen LogP) is 3.74. The fourth-order valence-electron chi connectivity index (χ4n) is 3.97. The molecule has 1 aliphatic carbocycles. The second-order valence-electron chi connectivity index (χ2n) is 7.56. The Labute approximate surface area is 158 Å². The van der Waals surface area contributed by atoms with E-state index in [-0.39, 0.29) is 24.1 Å². The predicted molar refractivity (Wildman–Crippen MR) is 102 cm³/mol. The van der Waals surface area contributed by atoms with E-state index in [4.69, 9.17) is 0 Å². The molecule has 2 fully saturated rings. The van der Waals surface area contributed by atoms with Gasteiger partial charge in [0.1, 0.15) is 5.82 Å². The molecule has 2 aromatic carbocycles. The molecule has 140 valence electrons. The Bertz CT molecular complexity index is 869. The molecule has 0 bridgehead atoms. The molecule has 0 unspecified atom stereocenters. The molecule has 0 aromatic heterocycles. The largest absolute Gasteiger partial charge is 0.284 e. The highest BCUT2D eigenvalue weighted by Crippen LogP contribution is 2.36. The minimum Gasteiger partial charge on any atom is -0.284 e. The average Bonchev–Trinajstić information content (AvgIpc) is 3.43. The van der Waals surface area contributed by atoms with Crippen LogP contribution in [0.1, 0.15) is 36.0 Å². The lowest BCUT2D eigenvalue weighted by molar-refractivity contribution is -0.123. The van der Waals surface area contributed by atoms with Crippen molar-refractivity contribution in [2.45, 2.75) is 51.7 Å². The third-order valence-corrected chi connectivity index (χ3v) is 5.48. The van der Waals surface area contributed by atoms with Crippen LogP contribution in [0.25, 0.3) is 0 Å². The average molecular weight is 366 g/mol. The van der Waals surface area contributed by atoms with Crippen LogP contribution in [0.15, 0.2) is 42.5 Å². The Morgan fingerprint density at radius 2 is 1.67 bits per heavy atom. The number of amides is 2. The summed E-state index contributed by atoms with van der Waals surface area (Å²) in [5, 5.41) is 0. The van der Waals surface area contributed by atoms with Gasteiger partial charge < -0.3 is 0 Å². The van der Waals surface area contributed by atoms with Gasteiger partial charge >= 0.3 is 0 Å². The molecule has 1 heterocycles. The fraction of sp³-hybridized carbons (Fsp3) is 0.364. The summed E-state index contributed by atoms with van der Waals surface area (Å²) in [5.41, 5.74) is 3.52. The number of benzene rings is 2. The normalized spacial score (nSPS) is 20.0. The zero-order valence-corrected chi connectivity index (χ0v) is 15.6. The van der Waals surface area contributed by atoms with E-state index in [9.17, 15) is 14.0 Å². The minimum atomic E-state index is -0.450. The van der Waals surface area contributed by atoms with Gasteiger partial charge in [-0.1, -0.05) is 30.3 Å². The van der Waals surface area contributed by atoms with Gasteiger partial charge in [-0.15, -0.1) is 0 Å². The summed E-state index contributed by atoms with van der Waals surface area (Å²) in [7, 11) is 0. The molecule has 1 atom stereocenters. The van der Waals surface area contributed by atoms with E-state index in [1.165, 1.54) is 17.0 Å². The van der Waals surface area contributed by atoms with Crippen LogP contribution in [0.2, 0.25) is 0 Å². The number of hydrogen-bond donors (Lipinski definition) is 0. The van der Waals surface area contributed by atoms with Crippen molar-refractivity contribution >= 4 is 17.5 Å². The zero-order valence-electron chi connectivity index (χ0n) is 15.6. The van der Waals surface area contributed by atoms with Gasteiger partial charge in [0.15, 0.2) is 0 Å².